The van der Waals surface area contributed by atoms with E-state index in [1.165, 1.54) is 83.1 Å². The number of ketones is 2. The Morgan fingerprint density at radius 2 is 1.14 bits per heavy atom. The topological polar surface area (TPSA) is 89.7 Å². The van der Waals surface area contributed by atoms with Gasteiger partial charge in [-0.05, 0) is 12.8 Å². The lowest BCUT2D eigenvalue weighted by atomic mass is 10.0. The van der Waals surface area contributed by atoms with E-state index in [-0.39, 0.29) is 11.6 Å². The number of nitrogens with zero attached hydrogens (tertiary/aromatic N) is 3. The predicted molar refractivity (Wildman–Crippen MR) is 167 cm³/mol. The fraction of sp³-hybridized carbons (Fsp3) is 0.794. The van der Waals surface area contributed by atoms with Crippen LogP contribution in [0.5, 0.6) is 0 Å². The number of carbonyl (C=O) groups is 3. The van der Waals surface area contributed by atoms with Gasteiger partial charge in [0.25, 0.3) is 0 Å². The maximum atomic E-state index is 12.4. The van der Waals surface area contributed by atoms with Gasteiger partial charge in [0.05, 0.1) is 5.70 Å². The number of carboxylic acid groups (broad SMARTS) is 1. The van der Waals surface area contributed by atoms with Crippen LogP contribution in [0.2, 0.25) is 0 Å². The van der Waals surface area contributed by atoms with Crippen molar-refractivity contribution in [1.82, 2.24) is 14.7 Å². The predicted octanol–water partition coefficient (Wildman–Crippen LogP) is 6.31. The van der Waals surface area contributed by atoms with Crippen molar-refractivity contribution in [3.05, 3.63) is 23.2 Å². The number of carbonyl (C=O) groups excluding carboxylic acids is 2. The molecule has 3 aliphatic heterocycles. The maximum Gasteiger partial charge on any atom is 0.332 e. The number of unbranched alkanes of at least 4 members (excludes halogenated alkanes) is 14. The molecule has 0 amide bonds. The van der Waals surface area contributed by atoms with Crippen LogP contribution in [-0.4, -0.2) is 89.3 Å². The number of hydrogen-bond donors (Lipinski definition) is 1. The van der Waals surface area contributed by atoms with E-state index in [1.807, 2.05) is 14.7 Å². The Kier molecular flexibility index (Phi) is 15.5. The second kappa shape index (κ2) is 19.0. The van der Waals surface area contributed by atoms with Gasteiger partial charge in [0.15, 0.2) is 6.10 Å². The highest BCUT2D eigenvalue weighted by molar-refractivity contribution is 6.22. The number of allylic oxidation sites excluding steroid dienone is 1. The van der Waals surface area contributed by atoms with Crippen molar-refractivity contribution in [2.24, 2.45) is 0 Å². The van der Waals surface area contributed by atoms with Gasteiger partial charge in [0.1, 0.15) is 11.4 Å². The minimum absolute atomic E-state index is 0.00546. The molecule has 0 bridgehead atoms. The summed E-state index contributed by atoms with van der Waals surface area (Å²) in [7, 11) is 0. The summed E-state index contributed by atoms with van der Waals surface area (Å²) in [5, 5.41) is 9.15. The third-order valence-corrected chi connectivity index (χ3v) is 8.40. The molecule has 3 saturated heterocycles. The molecule has 0 aromatic carbocycles. The highest BCUT2D eigenvalue weighted by atomic mass is 16.5. The van der Waals surface area contributed by atoms with E-state index in [1.54, 1.807) is 0 Å². The zero-order valence-corrected chi connectivity index (χ0v) is 26.5. The van der Waals surface area contributed by atoms with E-state index >= 15 is 0 Å². The molecule has 1 atom stereocenters. The molecule has 0 radical (unpaired) electrons. The number of rotatable bonds is 23. The molecule has 1 N–H and O–H groups in total. The molecule has 238 valence electrons. The Morgan fingerprint density at radius 1 is 0.690 bits per heavy atom. The third-order valence-electron chi connectivity index (χ3n) is 8.40. The lowest BCUT2D eigenvalue weighted by molar-refractivity contribution is -0.151. The summed E-state index contributed by atoms with van der Waals surface area (Å²) in [4.78, 5) is 41.6. The minimum atomic E-state index is -0.800. The highest BCUT2D eigenvalue weighted by Crippen LogP contribution is 2.34. The average Bonchev–Trinajstić information content (AvgIpc) is 3.82. The van der Waals surface area contributed by atoms with Gasteiger partial charge < -0.3 is 24.5 Å². The first-order chi connectivity index (χ1) is 20.5. The molecule has 0 saturated carbocycles. The van der Waals surface area contributed by atoms with Crippen molar-refractivity contribution >= 4 is 17.5 Å². The van der Waals surface area contributed by atoms with Crippen molar-refractivity contribution in [3.63, 3.8) is 0 Å². The molecule has 0 aromatic heterocycles. The van der Waals surface area contributed by atoms with E-state index < -0.39 is 12.1 Å². The van der Waals surface area contributed by atoms with Crippen molar-refractivity contribution in [3.8, 4) is 0 Å². The second-order valence-electron chi connectivity index (χ2n) is 12.3. The van der Waals surface area contributed by atoms with E-state index in [9.17, 15) is 14.4 Å². The van der Waals surface area contributed by atoms with Gasteiger partial charge in [-0.2, -0.15) is 0 Å². The lowest BCUT2D eigenvalue weighted by Crippen LogP contribution is -2.29. The third kappa shape index (κ3) is 12.5. The molecule has 3 heterocycles. The summed E-state index contributed by atoms with van der Waals surface area (Å²) in [5.41, 5.74) is 1.89. The van der Waals surface area contributed by atoms with Crippen molar-refractivity contribution in [2.45, 2.75) is 129 Å². The van der Waals surface area contributed by atoms with Crippen LogP contribution in [0.4, 0.5) is 0 Å². The van der Waals surface area contributed by atoms with Gasteiger partial charge >= 0.3 is 5.97 Å². The molecule has 0 aromatic rings. The Hall–Kier alpha value is -2.35. The first kappa shape index (κ1) is 34.1. The van der Waals surface area contributed by atoms with Gasteiger partial charge in [0, 0.05) is 52.0 Å². The molecule has 8 nitrogen and oxygen atoms in total. The molecule has 1 aliphatic carbocycles. The second-order valence-corrected chi connectivity index (χ2v) is 12.3. The Morgan fingerprint density at radius 3 is 1.60 bits per heavy atom. The summed E-state index contributed by atoms with van der Waals surface area (Å²) >= 11 is 0. The monoisotopic (exact) mass is 587 g/mol. The SMILES string of the molecule is CCCCCCCCCCCCCCCCC(OCCCC)C(=O)O.O=C1C=C(N2CC2)C(=O)C(N2CC2)=C1N1CC1. The van der Waals surface area contributed by atoms with Crippen LogP contribution >= 0.6 is 0 Å². The molecule has 0 spiro atoms. The van der Waals surface area contributed by atoms with Crippen LogP contribution in [0.15, 0.2) is 23.2 Å². The van der Waals surface area contributed by atoms with E-state index in [4.69, 9.17) is 9.84 Å². The number of carboxylic acids is 1. The zero-order valence-electron chi connectivity index (χ0n) is 26.5. The van der Waals surface area contributed by atoms with E-state index in [0.29, 0.717) is 30.1 Å². The molecule has 8 heteroatoms. The summed E-state index contributed by atoms with van der Waals surface area (Å²) in [5.74, 6) is -0.752. The number of hydrogen-bond acceptors (Lipinski definition) is 7. The molecular formula is C34H57N3O5. The lowest BCUT2D eigenvalue weighted by Gasteiger charge is -2.21. The molecule has 4 rings (SSSR count). The van der Waals surface area contributed by atoms with Crippen LogP contribution in [0, 0.1) is 0 Å². The van der Waals surface area contributed by atoms with Gasteiger partial charge in [-0.1, -0.05) is 110 Å². The van der Waals surface area contributed by atoms with Crippen molar-refractivity contribution in [1.29, 1.82) is 0 Å². The fourth-order valence-corrected chi connectivity index (χ4v) is 5.45. The molecule has 4 aliphatic rings. The molecule has 3 fully saturated rings. The summed E-state index contributed by atoms with van der Waals surface area (Å²) in [6.07, 6.45) is 22.1. The Labute approximate surface area is 254 Å². The van der Waals surface area contributed by atoms with Gasteiger partial charge in [-0.25, -0.2) is 4.79 Å². The Balaban J connectivity index is 0.000000243. The van der Waals surface area contributed by atoms with Gasteiger partial charge in [-0.15, -0.1) is 0 Å². The maximum absolute atomic E-state index is 12.4. The van der Waals surface area contributed by atoms with Crippen LogP contribution in [-0.2, 0) is 19.1 Å². The number of Topliss-reactive ketones (excluding diaryl/α,β-unsaturated/α-hetero) is 1. The fourth-order valence-electron chi connectivity index (χ4n) is 5.45. The largest absolute Gasteiger partial charge is 0.479 e. The molecular weight excluding hydrogens is 530 g/mol. The van der Waals surface area contributed by atoms with Crippen molar-refractivity contribution in [2.75, 3.05) is 45.9 Å². The minimum Gasteiger partial charge on any atom is -0.479 e. The van der Waals surface area contributed by atoms with Gasteiger partial charge in [-0.3, -0.25) is 9.59 Å². The van der Waals surface area contributed by atoms with Crippen molar-refractivity contribution < 1.29 is 24.2 Å². The van der Waals surface area contributed by atoms with Crippen LogP contribution < -0.4 is 0 Å². The van der Waals surface area contributed by atoms with E-state index in [0.717, 1.165) is 65.0 Å². The summed E-state index contributed by atoms with van der Waals surface area (Å²) in [6.45, 7) is 10.3. The smallest absolute Gasteiger partial charge is 0.332 e. The zero-order chi connectivity index (χ0) is 30.2. The summed E-state index contributed by atoms with van der Waals surface area (Å²) in [6, 6.07) is 0. The first-order valence-corrected chi connectivity index (χ1v) is 17.1. The normalized spacial score (nSPS) is 18.1. The van der Waals surface area contributed by atoms with Crippen LogP contribution in [0.3, 0.4) is 0 Å². The molecule has 42 heavy (non-hydrogen) atoms. The van der Waals surface area contributed by atoms with Crippen LogP contribution in [0.25, 0.3) is 0 Å². The molecule has 1 unspecified atom stereocenters. The highest BCUT2D eigenvalue weighted by Gasteiger charge is 2.43. The van der Waals surface area contributed by atoms with E-state index in [2.05, 4.69) is 13.8 Å². The Bertz CT molecular complexity index is 918. The number of ether oxygens (including phenoxy) is 1. The van der Waals surface area contributed by atoms with Gasteiger partial charge in [0.2, 0.25) is 11.6 Å². The summed E-state index contributed by atoms with van der Waals surface area (Å²) < 4.78 is 5.46. The van der Waals surface area contributed by atoms with Crippen LogP contribution in [0.1, 0.15) is 123 Å². The standard InChI is InChI=1S/C22H44O3.C12H13N3O2/c1-3-5-7-8-9-10-11-12-13-14-15-16-17-18-19-21(22(23)24)25-20-6-4-2;16-9-7-8(13-1-2-13)12(17)11(15-5-6-15)10(9)14-3-4-14/h21H,3-20H2,1-2H3,(H,23,24);7H,1-6H2. The quantitative estimate of drug-likeness (QED) is 0.0845. The number of aliphatic carboxylic acids is 1. The average molecular weight is 588 g/mol. The first-order valence-electron chi connectivity index (χ1n) is 17.1.